The molecule has 134 valence electrons. The van der Waals surface area contributed by atoms with Crippen molar-refractivity contribution in [2.75, 3.05) is 26.7 Å². The van der Waals surface area contributed by atoms with Crippen LogP contribution in [0.3, 0.4) is 0 Å². The van der Waals surface area contributed by atoms with Crippen molar-refractivity contribution in [3.8, 4) is 5.75 Å². The number of nitrogens with two attached hydrogens (primary N) is 1. The maximum Gasteiger partial charge on any atom is 0.270 e. The number of carbonyl (C=O) groups is 2. The van der Waals surface area contributed by atoms with Crippen molar-refractivity contribution in [2.45, 2.75) is 25.9 Å². The molecule has 0 radical (unpaired) electrons. The maximum absolute atomic E-state index is 12.9. The third kappa shape index (κ3) is 3.19. The Morgan fingerprint density at radius 2 is 2.08 bits per heavy atom. The summed E-state index contributed by atoms with van der Waals surface area (Å²) in [4.78, 5) is 31.6. The van der Waals surface area contributed by atoms with Crippen LogP contribution in [0, 0.1) is 0 Å². The molecule has 0 saturated carbocycles. The molecule has 2 aromatic rings. The van der Waals surface area contributed by atoms with Crippen LogP contribution in [0.15, 0.2) is 24.3 Å². The molecule has 7 heteroatoms. The van der Waals surface area contributed by atoms with E-state index in [-0.39, 0.29) is 11.9 Å². The Morgan fingerprint density at radius 3 is 2.72 bits per heavy atom. The van der Waals surface area contributed by atoms with Gasteiger partial charge in [0.2, 0.25) is 5.91 Å². The fourth-order valence-corrected chi connectivity index (χ4v) is 3.44. The van der Waals surface area contributed by atoms with E-state index >= 15 is 0 Å². The lowest BCUT2D eigenvalue weighted by molar-refractivity contribution is -0.126. The molecule has 3 rings (SSSR count). The number of nitrogens with one attached hydrogen (secondary N) is 1. The van der Waals surface area contributed by atoms with E-state index < -0.39 is 11.9 Å². The van der Waals surface area contributed by atoms with Crippen molar-refractivity contribution >= 4 is 22.7 Å². The zero-order chi connectivity index (χ0) is 18.1. The summed E-state index contributed by atoms with van der Waals surface area (Å²) in [6.07, 6.45) is 0. The van der Waals surface area contributed by atoms with Crippen LogP contribution in [-0.2, 0) is 4.79 Å². The Labute approximate surface area is 146 Å². The van der Waals surface area contributed by atoms with Gasteiger partial charge in [0.15, 0.2) is 0 Å². The minimum atomic E-state index is -0.461. The van der Waals surface area contributed by atoms with Gasteiger partial charge in [-0.2, -0.15) is 0 Å². The van der Waals surface area contributed by atoms with Crippen LogP contribution in [0.1, 0.15) is 24.3 Å². The SMILES string of the molecule is COc1cccc2[nH]c(C(=O)N3CCN(C(C)C)[C@H](C(N)=O)C3)cc12. The molecule has 3 N–H and O–H groups in total. The molecule has 2 amide bonds. The molecule has 25 heavy (non-hydrogen) atoms. The number of primary amides is 1. The molecular formula is C18H24N4O3. The van der Waals surface area contributed by atoms with Crippen molar-refractivity contribution in [3.05, 3.63) is 30.0 Å². The van der Waals surface area contributed by atoms with Crippen molar-refractivity contribution in [3.63, 3.8) is 0 Å². The van der Waals surface area contributed by atoms with Crippen molar-refractivity contribution in [1.82, 2.24) is 14.8 Å². The third-order valence-corrected chi connectivity index (χ3v) is 4.78. The number of benzene rings is 1. The normalized spacial score (nSPS) is 18.7. The Balaban J connectivity index is 1.85. The van der Waals surface area contributed by atoms with Gasteiger partial charge in [-0.3, -0.25) is 14.5 Å². The van der Waals surface area contributed by atoms with Gasteiger partial charge in [0.05, 0.1) is 7.11 Å². The Bertz CT molecular complexity index is 799. The fraction of sp³-hybridized carbons (Fsp3) is 0.444. The summed E-state index contributed by atoms with van der Waals surface area (Å²) >= 11 is 0. The van der Waals surface area contributed by atoms with E-state index in [2.05, 4.69) is 4.98 Å². The van der Waals surface area contributed by atoms with Gasteiger partial charge in [-0.25, -0.2) is 0 Å². The van der Waals surface area contributed by atoms with Crippen LogP contribution in [0.5, 0.6) is 5.75 Å². The quantitative estimate of drug-likeness (QED) is 0.872. The van der Waals surface area contributed by atoms with E-state index in [0.717, 1.165) is 10.9 Å². The van der Waals surface area contributed by atoms with Gasteiger partial charge in [-0.15, -0.1) is 0 Å². The smallest absolute Gasteiger partial charge is 0.270 e. The first kappa shape index (κ1) is 17.3. The number of hydrogen-bond acceptors (Lipinski definition) is 4. The number of aromatic nitrogens is 1. The van der Waals surface area contributed by atoms with Crippen LogP contribution in [0.4, 0.5) is 0 Å². The zero-order valence-corrected chi connectivity index (χ0v) is 14.8. The maximum atomic E-state index is 12.9. The van der Waals surface area contributed by atoms with Gasteiger partial charge in [-0.05, 0) is 32.0 Å². The fourth-order valence-electron chi connectivity index (χ4n) is 3.44. The van der Waals surface area contributed by atoms with E-state index in [9.17, 15) is 9.59 Å². The Morgan fingerprint density at radius 1 is 1.32 bits per heavy atom. The van der Waals surface area contributed by atoms with Gasteiger partial charge >= 0.3 is 0 Å². The minimum Gasteiger partial charge on any atom is -0.496 e. The second-order valence-corrected chi connectivity index (χ2v) is 6.61. The summed E-state index contributed by atoms with van der Waals surface area (Å²) in [6, 6.07) is 7.16. The average molecular weight is 344 g/mol. The van der Waals surface area contributed by atoms with Gasteiger partial charge in [0, 0.05) is 36.6 Å². The molecule has 1 atom stereocenters. The summed E-state index contributed by atoms with van der Waals surface area (Å²) in [7, 11) is 1.60. The number of nitrogens with zero attached hydrogens (tertiary/aromatic N) is 2. The predicted octanol–water partition coefficient (Wildman–Crippen LogP) is 1.20. The van der Waals surface area contributed by atoms with Crippen LogP contribution in [-0.4, -0.2) is 65.4 Å². The number of fused-ring (bicyclic) bond motifs is 1. The second kappa shape index (κ2) is 6.76. The van der Waals surface area contributed by atoms with E-state index in [1.165, 1.54) is 0 Å². The molecule has 0 spiro atoms. The lowest BCUT2D eigenvalue weighted by Crippen LogP contribution is -2.61. The van der Waals surface area contributed by atoms with Gasteiger partial charge in [-0.1, -0.05) is 6.07 Å². The molecule has 1 aromatic carbocycles. The number of amides is 2. The first-order valence-corrected chi connectivity index (χ1v) is 8.42. The van der Waals surface area contributed by atoms with E-state index in [1.54, 1.807) is 18.1 Å². The topological polar surface area (TPSA) is 91.7 Å². The number of piperazine rings is 1. The summed E-state index contributed by atoms with van der Waals surface area (Å²) in [5.74, 6) is 0.185. The van der Waals surface area contributed by atoms with Crippen molar-refractivity contribution in [1.29, 1.82) is 0 Å². The minimum absolute atomic E-state index is 0.132. The number of rotatable bonds is 4. The van der Waals surface area contributed by atoms with E-state index in [1.807, 2.05) is 36.9 Å². The van der Waals surface area contributed by atoms with E-state index in [0.29, 0.717) is 31.1 Å². The molecule has 1 saturated heterocycles. The number of ether oxygens (including phenoxy) is 1. The van der Waals surface area contributed by atoms with Crippen LogP contribution >= 0.6 is 0 Å². The van der Waals surface area contributed by atoms with Crippen molar-refractivity contribution in [2.24, 2.45) is 5.73 Å². The highest BCUT2D eigenvalue weighted by atomic mass is 16.5. The highest BCUT2D eigenvalue weighted by Crippen LogP contribution is 2.27. The predicted molar refractivity (Wildman–Crippen MR) is 95.6 cm³/mol. The molecule has 1 aliphatic heterocycles. The number of aromatic amines is 1. The summed E-state index contributed by atoms with van der Waals surface area (Å²) in [5, 5.41) is 0.862. The third-order valence-electron chi connectivity index (χ3n) is 4.78. The number of carbonyl (C=O) groups excluding carboxylic acids is 2. The van der Waals surface area contributed by atoms with Gasteiger partial charge < -0.3 is 20.4 Å². The molecule has 0 unspecified atom stereocenters. The molecule has 1 aromatic heterocycles. The molecule has 0 aliphatic carbocycles. The van der Waals surface area contributed by atoms with Crippen molar-refractivity contribution < 1.29 is 14.3 Å². The van der Waals surface area contributed by atoms with E-state index in [4.69, 9.17) is 10.5 Å². The molecule has 2 heterocycles. The Hall–Kier alpha value is -2.54. The largest absolute Gasteiger partial charge is 0.496 e. The standard InChI is InChI=1S/C18H24N4O3/c1-11(2)22-8-7-21(10-15(22)17(19)23)18(24)14-9-12-13(20-14)5-4-6-16(12)25-3/h4-6,9,11,15,20H,7-8,10H2,1-3H3,(H2,19,23)/t15-/m0/s1. The van der Waals surface area contributed by atoms with Crippen LogP contribution < -0.4 is 10.5 Å². The average Bonchev–Trinajstić information content (AvgIpc) is 3.04. The number of hydrogen-bond donors (Lipinski definition) is 2. The molecule has 1 aliphatic rings. The Kier molecular flexibility index (Phi) is 4.67. The van der Waals surface area contributed by atoms with Gasteiger partial charge in [0.1, 0.15) is 17.5 Å². The zero-order valence-electron chi connectivity index (χ0n) is 14.8. The molecule has 0 bridgehead atoms. The summed E-state index contributed by atoms with van der Waals surface area (Å²) < 4.78 is 5.34. The lowest BCUT2D eigenvalue weighted by Gasteiger charge is -2.41. The number of H-pyrrole nitrogens is 1. The molecular weight excluding hydrogens is 320 g/mol. The monoisotopic (exact) mass is 344 g/mol. The molecule has 7 nitrogen and oxygen atoms in total. The first-order chi connectivity index (χ1) is 11.9. The molecule has 1 fully saturated rings. The second-order valence-electron chi connectivity index (χ2n) is 6.61. The van der Waals surface area contributed by atoms with Crippen LogP contribution in [0.25, 0.3) is 10.9 Å². The summed E-state index contributed by atoms with van der Waals surface area (Å²) in [6.45, 7) is 5.54. The highest BCUT2D eigenvalue weighted by molar-refractivity contribution is 6.00. The first-order valence-electron chi connectivity index (χ1n) is 8.42. The van der Waals surface area contributed by atoms with Gasteiger partial charge in [0.25, 0.3) is 5.91 Å². The van der Waals surface area contributed by atoms with Crippen LogP contribution in [0.2, 0.25) is 0 Å². The number of methoxy groups -OCH3 is 1. The lowest BCUT2D eigenvalue weighted by atomic mass is 10.1. The summed E-state index contributed by atoms with van der Waals surface area (Å²) in [5.41, 5.74) is 6.88. The highest BCUT2D eigenvalue weighted by Gasteiger charge is 2.35.